The summed E-state index contributed by atoms with van der Waals surface area (Å²) in [6.07, 6.45) is 3.12. The first-order chi connectivity index (χ1) is 8.69. The van der Waals surface area contributed by atoms with Crippen LogP contribution >= 0.6 is 11.8 Å². The molecule has 0 saturated heterocycles. The highest BCUT2D eigenvalue weighted by molar-refractivity contribution is 7.99. The zero-order valence-electron chi connectivity index (χ0n) is 10.3. The third kappa shape index (κ3) is 3.08. The van der Waals surface area contributed by atoms with E-state index in [-0.39, 0.29) is 0 Å². The van der Waals surface area contributed by atoms with Crippen LogP contribution in [-0.4, -0.2) is 9.97 Å². The van der Waals surface area contributed by atoms with Gasteiger partial charge in [0.2, 0.25) is 0 Å². The molecule has 0 aliphatic rings. The number of aromatic nitrogens is 2. The molecule has 1 aromatic heterocycles. The Morgan fingerprint density at radius 1 is 1.11 bits per heavy atom. The molecule has 0 unspecified atom stereocenters. The molecule has 4 heteroatoms. The summed E-state index contributed by atoms with van der Waals surface area (Å²) >= 11 is 1.54. The summed E-state index contributed by atoms with van der Waals surface area (Å²) in [6.45, 7) is 4.35. The standard InChI is InChI=1S/C14H13N3S/c1-10(2)11-3-5-13(6-4-11)18-14-9-16-12(7-15)8-17-14/h3-6,8-10H,1-2H3. The van der Waals surface area contributed by atoms with Crippen molar-refractivity contribution in [2.24, 2.45) is 0 Å². The molecule has 0 aliphatic carbocycles. The Morgan fingerprint density at radius 3 is 2.33 bits per heavy atom. The highest BCUT2D eigenvalue weighted by Gasteiger charge is 2.02. The van der Waals surface area contributed by atoms with E-state index in [1.807, 2.05) is 6.07 Å². The molecule has 0 saturated carbocycles. The van der Waals surface area contributed by atoms with Crippen molar-refractivity contribution in [1.29, 1.82) is 5.26 Å². The smallest absolute Gasteiger partial charge is 0.158 e. The largest absolute Gasteiger partial charge is 0.245 e. The van der Waals surface area contributed by atoms with Gasteiger partial charge in [-0.1, -0.05) is 37.7 Å². The highest BCUT2D eigenvalue weighted by Crippen LogP contribution is 2.26. The van der Waals surface area contributed by atoms with E-state index in [4.69, 9.17) is 5.26 Å². The van der Waals surface area contributed by atoms with Crippen LogP contribution in [0.4, 0.5) is 0 Å². The number of nitrogens with zero attached hydrogens (tertiary/aromatic N) is 3. The molecule has 0 spiro atoms. The van der Waals surface area contributed by atoms with Gasteiger partial charge in [0.15, 0.2) is 5.69 Å². The number of nitriles is 1. The summed E-state index contributed by atoms with van der Waals surface area (Å²) in [5, 5.41) is 9.44. The minimum absolute atomic E-state index is 0.342. The first-order valence-electron chi connectivity index (χ1n) is 5.69. The van der Waals surface area contributed by atoms with Gasteiger partial charge in [0.1, 0.15) is 11.1 Å². The monoisotopic (exact) mass is 255 g/mol. The average molecular weight is 255 g/mol. The van der Waals surface area contributed by atoms with E-state index in [2.05, 4.69) is 48.1 Å². The van der Waals surface area contributed by atoms with E-state index in [9.17, 15) is 0 Å². The van der Waals surface area contributed by atoms with Gasteiger partial charge < -0.3 is 0 Å². The van der Waals surface area contributed by atoms with E-state index in [1.165, 1.54) is 11.8 Å². The molecule has 90 valence electrons. The van der Waals surface area contributed by atoms with Gasteiger partial charge >= 0.3 is 0 Å². The maximum atomic E-state index is 8.64. The van der Waals surface area contributed by atoms with Crippen LogP contribution in [0, 0.1) is 11.3 Å². The van der Waals surface area contributed by atoms with Gasteiger partial charge in [0, 0.05) is 4.90 Å². The lowest BCUT2D eigenvalue weighted by Crippen LogP contribution is -1.88. The molecule has 0 N–H and O–H groups in total. The molecule has 1 aromatic carbocycles. The molecule has 0 bridgehead atoms. The average Bonchev–Trinajstić information content (AvgIpc) is 2.40. The van der Waals surface area contributed by atoms with Crippen molar-refractivity contribution in [3.8, 4) is 6.07 Å². The summed E-state index contributed by atoms with van der Waals surface area (Å²) in [4.78, 5) is 9.30. The Hall–Kier alpha value is -1.86. The van der Waals surface area contributed by atoms with Crippen LogP contribution in [0.25, 0.3) is 0 Å². The molecule has 2 rings (SSSR count). The fraction of sp³-hybridized carbons (Fsp3) is 0.214. The SMILES string of the molecule is CC(C)c1ccc(Sc2cnc(C#N)cn2)cc1. The van der Waals surface area contributed by atoms with Crippen molar-refractivity contribution < 1.29 is 0 Å². The van der Waals surface area contributed by atoms with Crippen molar-refractivity contribution in [3.63, 3.8) is 0 Å². The Bertz CT molecular complexity index is 553. The molecule has 0 radical (unpaired) electrons. The molecule has 18 heavy (non-hydrogen) atoms. The van der Waals surface area contributed by atoms with Gasteiger partial charge in [-0.2, -0.15) is 5.26 Å². The lowest BCUT2D eigenvalue weighted by Gasteiger charge is -2.06. The Balaban J connectivity index is 2.11. The Kier molecular flexibility index (Phi) is 3.96. The van der Waals surface area contributed by atoms with E-state index in [1.54, 1.807) is 18.0 Å². The third-order valence-corrected chi connectivity index (χ3v) is 3.44. The van der Waals surface area contributed by atoms with Crippen molar-refractivity contribution in [1.82, 2.24) is 9.97 Å². The molecule has 1 heterocycles. The van der Waals surface area contributed by atoms with Crippen molar-refractivity contribution in [2.45, 2.75) is 29.7 Å². The third-order valence-electron chi connectivity index (χ3n) is 2.51. The Morgan fingerprint density at radius 2 is 1.83 bits per heavy atom. The number of hydrogen-bond donors (Lipinski definition) is 0. The van der Waals surface area contributed by atoms with Crippen LogP contribution < -0.4 is 0 Å². The fourth-order valence-corrected chi connectivity index (χ4v) is 2.19. The summed E-state index contributed by atoms with van der Waals surface area (Å²) in [6, 6.07) is 10.4. The second kappa shape index (κ2) is 5.65. The summed E-state index contributed by atoms with van der Waals surface area (Å²) in [5.74, 6) is 0.541. The lowest BCUT2D eigenvalue weighted by molar-refractivity contribution is 0.865. The maximum Gasteiger partial charge on any atom is 0.158 e. The zero-order chi connectivity index (χ0) is 13.0. The van der Waals surface area contributed by atoms with Crippen LogP contribution in [0.5, 0.6) is 0 Å². The molecular weight excluding hydrogens is 242 g/mol. The minimum Gasteiger partial charge on any atom is -0.245 e. The topological polar surface area (TPSA) is 49.6 Å². The zero-order valence-corrected chi connectivity index (χ0v) is 11.1. The number of rotatable bonds is 3. The van der Waals surface area contributed by atoms with Gasteiger partial charge in [0.25, 0.3) is 0 Å². The predicted octanol–water partition coefficient (Wildman–Crippen LogP) is 3.62. The molecule has 3 nitrogen and oxygen atoms in total. The molecule has 0 aliphatic heterocycles. The van der Waals surface area contributed by atoms with Crippen LogP contribution in [-0.2, 0) is 0 Å². The summed E-state index contributed by atoms with van der Waals surface area (Å²) < 4.78 is 0. The second-order valence-electron chi connectivity index (χ2n) is 4.18. The van der Waals surface area contributed by atoms with E-state index >= 15 is 0 Å². The highest BCUT2D eigenvalue weighted by atomic mass is 32.2. The van der Waals surface area contributed by atoms with Gasteiger partial charge in [0.05, 0.1) is 12.4 Å². The summed E-state index contributed by atoms with van der Waals surface area (Å²) in [7, 11) is 0. The maximum absolute atomic E-state index is 8.64. The van der Waals surface area contributed by atoms with Crippen LogP contribution in [0.1, 0.15) is 31.0 Å². The quantitative estimate of drug-likeness (QED) is 0.840. The van der Waals surface area contributed by atoms with Gasteiger partial charge in [-0.25, -0.2) is 9.97 Å². The van der Waals surface area contributed by atoms with Crippen molar-refractivity contribution >= 4 is 11.8 Å². The number of benzene rings is 1. The van der Waals surface area contributed by atoms with E-state index < -0.39 is 0 Å². The van der Waals surface area contributed by atoms with Crippen molar-refractivity contribution in [2.75, 3.05) is 0 Å². The van der Waals surface area contributed by atoms with Crippen LogP contribution in [0.3, 0.4) is 0 Å². The van der Waals surface area contributed by atoms with Gasteiger partial charge in [-0.15, -0.1) is 0 Å². The normalized spacial score (nSPS) is 10.3. The van der Waals surface area contributed by atoms with Gasteiger partial charge in [-0.3, -0.25) is 0 Å². The number of hydrogen-bond acceptors (Lipinski definition) is 4. The predicted molar refractivity (Wildman–Crippen MR) is 71.4 cm³/mol. The first-order valence-corrected chi connectivity index (χ1v) is 6.50. The van der Waals surface area contributed by atoms with E-state index in [0.29, 0.717) is 11.6 Å². The summed E-state index contributed by atoms with van der Waals surface area (Å²) in [5.41, 5.74) is 1.67. The molecule has 0 fully saturated rings. The Labute approximate surface area is 111 Å². The lowest BCUT2D eigenvalue weighted by atomic mass is 10.0. The van der Waals surface area contributed by atoms with E-state index in [0.717, 1.165) is 9.92 Å². The van der Waals surface area contributed by atoms with Crippen LogP contribution in [0.2, 0.25) is 0 Å². The van der Waals surface area contributed by atoms with Gasteiger partial charge in [-0.05, 0) is 23.6 Å². The van der Waals surface area contributed by atoms with Crippen molar-refractivity contribution in [3.05, 3.63) is 47.9 Å². The molecule has 2 aromatic rings. The first kappa shape index (κ1) is 12.6. The minimum atomic E-state index is 0.342. The molecule has 0 atom stereocenters. The fourth-order valence-electron chi connectivity index (χ4n) is 1.47. The van der Waals surface area contributed by atoms with Crippen LogP contribution in [0.15, 0.2) is 46.6 Å². The molecule has 0 amide bonds. The second-order valence-corrected chi connectivity index (χ2v) is 5.27. The molecular formula is C14H13N3S.